The molecule has 0 amide bonds. The van der Waals surface area contributed by atoms with E-state index in [9.17, 15) is 9.59 Å². The fourth-order valence-corrected chi connectivity index (χ4v) is 3.50. The third-order valence-corrected chi connectivity index (χ3v) is 5.54. The molecule has 3 nitrogen and oxygen atoms in total. The summed E-state index contributed by atoms with van der Waals surface area (Å²) in [5.74, 6) is 0.0533. The predicted octanol–water partition coefficient (Wildman–Crippen LogP) is 6.21. The first kappa shape index (κ1) is 20.2. The van der Waals surface area contributed by atoms with Crippen molar-refractivity contribution in [3.05, 3.63) is 72.3 Å². The molecule has 0 bridgehead atoms. The second kappa shape index (κ2) is 8.19. The van der Waals surface area contributed by atoms with E-state index in [1.807, 2.05) is 88.4 Å². The van der Waals surface area contributed by atoms with E-state index in [0.717, 1.165) is 21.2 Å². The molecule has 0 saturated heterocycles. The summed E-state index contributed by atoms with van der Waals surface area (Å²) in [6.45, 7) is 7.41. The summed E-state index contributed by atoms with van der Waals surface area (Å²) in [6.07, 6.45) is 0. The first-order valence-electron chi connectivity index (χ1n) is 9.27. The quantitative estimate of drug-likeness (QED) is 0.301. The van der Waals surface area contributed by atoms with Gasteiger partial charge in [0, 0.05) is 4.90 Å². The van der Waals surface area contributed by atoms with Crippen molar-refractivity contribution in [3.8, 4) is 5.75 Å². The second-order valence-electron chi connectivity index (χ2n) is 7.86. The molecular formula is C24H24O3S. The standard InChI is InChI=1S/C24H24O3S/c1-16(22(25)28-21-8-6-5-7-9-21)17-10-11-19-15-20(13-12-18(19)14-17)27-23(26)24(2,3)4/h5-16H,1-4H3. The highest BCUT2D eigenvalue weighted by Gasteiger charge is 2.24. The topological polar surface area (TPSA) is 43.4 Å². The Morgan fingerprint density at radius 1 is 0.893 bits per heavy atom. The Morgan fingerprint density at radius 3 is 2.21 bits per heavy atom. The van der Waals surface area contributed by atoms with Crippen LogP contribution in [-0.2, 0) is 9.59 Å². The van der Waals surface area contributed by atoms with Gasteiger partial charge in [-0.3, -0.25) is 9.59 Å². The zero-order valence-electron chi connectivity index (χ0n) is 16.6. The van der Waals surface area contributed by atoms with Gasteiger partial charge in [-0.1, -0.05) is 61.2 Å². The van der Waals surface area contributed by atoms with Gasteiger partial charge in [-0.15, -0.1) is 0 Å². The van der Waals surface area contributed by atoms with E-state index >= 15 is 0 Å². The zero-order chi connectivity index (χ0) is 20.3. The second-order valence-corrected chi connectivity index (χ2v) is 8.94. The molecule has 1 unspecified atom stereocenters. The fraction of sp³-hybridized carbons (Fsp3) is 0.250. The van der Waals surface area contributed by atoms with Crippen molar-refractivity contribution < 1.29 is 14.3 Å². The average Bonchev–Trinajstić information content (AvgIpc) is 2.67. The van der Waals surface area contributed by atoms with Crippen LogP contribution in [0.25, 0.3) is 10.8 Å². The number of hydrogen-bond donors (Lipinski definition) is 0. The molecule has 144 valence electrons. The van der Waals surface area contributed by atoms with Gasteiger partial charge in [0.1, 0.15) is 5.75 Å². The van der Waals surface area contributed by atoms with E-state index in [1.165, 1.54) is 11.8 Å². The van der Waals surface area contributed by atoms with Crippen LogP contribution in [0, 0.1) is 5.41 Å². The van der Waals surface area contributed by atoms with Gasteiger partial charge in [0.15, 0.2) is 0 Å². The summed E-state index contributed by atoms with van der Waals surface area (Å²) < 4.78 is 5.47. The van der Waals surface area contributed by atoms with E-state index in [1.54, 1.807) is 6.07 Å². The summed E-state index contributed by atoms with van der Waals surface area (Å²) in [5.41, 5.74) is 0.422. The van der Waals surface area contributed by atoms with Crippen LogP contribution >= 0.6 is 11.8 Å². The molecule has 0 aliphatic heterocycles. The van der Waals surface area contributed by atoms with E-state index in [4.69, 9.17) is 4.74 Å². The van der Waals surface area contributed by atoms with Gasteiger partial charge in [-0.05, 0) is 61.4 Å². The Bertz CT molecular complexity index is 1000. The number of thioether (sulfide) groups is 1. The van der Waals surface area contributed by atoms with Crippen molar-refractivity contribution in [1.29, 1.82) is 0 Å². The number of rotatable bonds is 4. The van der Waals surface area contributed by atoms with Gasteiger partial charge in [0.25, 0.3) is 0 Å². The first-order valence-corrected chi connectivity index (χ1v) is 10.1. The summed E-state index contributed by atoms with van der Waals surface area (Å²) in [5, 5.41) is 2.09. The summed E-state index contributed by atoms with van der Waals surface area (Å²) >= 11 is 1.27. The van der Waals surface area contributed by atoms with Crippen molar-refractivity contribution in [1.82, 2.24) is 0 Å². The summed E-state index contributed by atoms with van der Waals surface area (Å²) in [7, 11) is 0. The lowest BCUT2D eigenvalue weighted by Crippen LogP contribution is -2.25. The van der Waals surface area contributed by atoms with Crippen LogP contribution in [0.15, 0.2) is 71.6 Å². The van der Waals surface area contributed by atoms with Crippen molar-refractivity contribution in [2.75, 3.05) is 0 Å². The largest absolute Gasteiger partial charge is 0.426 e. The molecule has 0 aliphatic rings. The molecule has 4 heteroatoms. The molecule has 0 fully saturated rings. The monoisotopic (exact) mass is 392 g/mol. The summed E-state index contributed by atoms with van der Waals surface area (Å²) in [4.78, 5) is 25.6. The van der Waals surface area contributed by atoms with Crippen LogP contribution in [-0.4, -0.2) is 11.1 Å². The molecule has 0 heterocycles. The maximum absolute atomic E-state index is 12.6. The van der Waals surface area contributed by atoms with E-state index < -0.39 is 5.41 Å². The van der Waals surface area contributed by atoms with Crippen LogP contribution in [0.2, 0.25) is 0 Å². The van der Waals surface area contributed by atoms with Crippen LogP contribution in [0.5, 0.6) is 5.75 Å². The lowest BCUT2D eigenvalue weighted by atomic mass is 9.97. The Kier molecular flexibility index (Phi) is 5.90. The molecule has 0 saturated carbocycles. The minimum Gasteiger partial charge on any atom is -0.426 e. The molecule has 0 N–H and O–H groups in total. The number of benzene rings is 3. The minimum atomic E-state index is -0.551. The van der Waals surface area contributed by atoms with E-state index in [2.05, 4.69) is 0 Å². The van der Waals surface area contributed by atoms with Crippen LogP contribution in [0.1, 0.15) is 39.2 Å². The average molecular weight is 393 g/mol. The van der Waals surface area contributed by atoms with Crippen LogP contribution in [0.4, 0.5) is 0 Å². The Hall–Kier alpha value is -2.59. The van der Waals surface area contributed by atoms with Crippen molar-refractivity contribution >= 4 is 33.6 Å². The van der Waals surface area contributed by atoms with Crippen molar-refractivity contribution in [2.24, 2.45) is 5.41 Å². The maximum Gasteiger partial charge on any atom is 0.316 e. The van der Waals surface area contributed by atoms with E-state index in [0.29, 0.717) is 5.75 Å². The fourth-order valence-electron chi connectivity index (χ4n) is 2.66. The molecule has 3 rings (SSSR count). The Balaban J connectivity index is 1.77. The Morgan fingerprint density at radius 2 is 1.54 bits per heavy atom. The van der Waals surface area contributed by atoms with Gasteiger partial charge in [-0.25, -0.2) is 0 Å². The lowest BCUT2D eigenvalue weighted by Gasteiger charge is -2.16. The zero-order valence-corrected chi connectivity index (χ0v) is 17.4. The van der Waals surface area contributed by atoms with Gasteiger partial charge < -0.3 is 4.74 Å². The van der Waals surface area contributed by atoms with Crippen LogP contribution < -0.4 is 4.74 Å². The van der Waals surface area contributed by atoms with Crippen LogP contribution in [0.3, 0.4) is 0 Å². The highest BCUT2D eigenvalue weighted by atomic mass is 32.2. The van der Waals surface area contributed by atoms with Gasteiger partial charge >= 0.3 is 5.97 Å². The minimum absolute atomic E-state index is 0.112. The third kappa shape index (κ3) is 4.82. The number of hydrogen-bond acceptors (Lipinski definition) is 4. The number of fused-ring (bicyclic) bond motifs is 1. The van der Waals surface area contributed by atoms with Gasteiger partial charge in [0.05, 0.1) is 11.3 Å². The molecule has 0 aliphatic carbocycles. The molecule has 0 radical (unpaired) electrons. The summed E-state index contributed by atoms with van der Waals surface area (Å²) in [6, 6.07) is 21.2. The van der Waals surface area contributed by atoms with E-state index in [-0.39, 0.29) is 17.0 Å². The number of carbonyl (C=O) groups excluding carboxylic acids is 2. The maximum atomic E-state index is 12.6. The lowest BCUT2D eigenvalue weighted by molar-refractivity contribution is -0.143. The smallest absolute Gasteiger partial charge is 0.316 e. The predicted molar refractivity (Wildman–Crippen MR) is 115 cm³/mol. The van der Waals surface area contributed by atoms with Crippen molar-refractivity contribution in [3.63, 3.8) is 0 Å². The number of carbonyl (C=O) groups is 2. The molecular weight excluding hydrogens is 368 g/mol. The Labute approximate surface area is 170 Å². The molecule has 1 atom stereocenters. The molecule has 0 spiro atoms. The molecule has 3 aromatic rings. The number of ether oxygens (including phenoxy) is 1. The molecule has 0 aromatic heterocycles. The highest BCUT2D eigenvalue weighted by Crippen LogP contribution is 2.31. The molecule has 3 aromatic carbocycles. The SMILES string of the molecule is CC(C(=O)Sc1ccccc1)c1ccc2cc(OC(=O)C(C)(C)C)ccc2c1. The van der Waals surface area contributed by atoms with Crippen molar-refractivity contribution in [2.45, 2.75) is 38.5 Å². The third-order valence-electron chi connectivity index (χ3n) is 4.47. The van der Waals surface area contributed by atoms with Gasteiger partial charge in [-0.2, -0.15) is 0 Å². The normalized spacial score (nSPS) is 12.6. The molecule has 28 heavy (non-hydrogen) atoms. The van der Waals surface area contributed by atoms with Gasteiger partial charge in [0.2, 0.25) is 5.12 Å². The highest BCUT2D eigenvalue weighted by molar-refractivity contribution is 8.13. The number of esters is 1. The first-order chi connectivity index (χ1) is 13.2.